The fourth-order valence-electron chi connectivity index (χ4n) is 1.82. The lowest BCUT2D eigenvalue weighted by Crippen LogP contribution is -2.12. The second-order valence-electron chi connectivity index (χ2n) is 4.21. The average Bonchev–Trinajstić information content (AvgIpc) is 2.86. The maximum absolute atomic E-state index is 10.6. The van der Waals surface area contributed by atoms with Crippen LogP contribution in [0, 0.1) is 0 Å². The number of aliphatic carboxylic acids is 1. The van der Waals surface area contributed by atoms with Gasteiger partial charge in [0.15, 0.2) is 0 Å². The van der Waals surface area contributed by atoms with Crippen LogP contribution in [0.25, 0.3) is 0 Å². The van der Waals surface area contributed by atoms with Gasteiger partial charge in [-0.05, 0) is 18.2 Å². The van der Waals surface area contributed by atoms with E-state index in [0.717, 1.165) is 15.3 Å². The number of thiophene rings is 1. The van der Waals surface area contributed by atoms with Gasteiger partial charge in [0.25, 0.3) is 0 Å². The molecular formula is C14H16N2O3S. The molecule has 0 aliphatic carbocycles. The van der Waals surface area contributed by atoms with E-state index in [2.05, 4.69) is 10.3 Å². The van der Waals surface area contributed by atoms with Crippen molar-refractivity contribution in [2.75, 3.05) is 7.11 Å². The number of ether oxygens (including phenoxy) is 1. The number of hydrogen-bond acceptors (Lipinski definition) is 5. The topological polar surface area (TPSA) is 71.5 Å². The van der Waals surface area contributed by atoms with Crippen molar-refractivity contribution < 1.29 is 14.6 Å². The molecule has 0 atom stereocenters. The third-order valence-corrected chi connectivity index (χ3v) is 3.79. The van der Waals surface area contributed by atoms with Gasteiger partial charge in [-0.15, -0.1) is 11.3 Å². The summed E-state index contributed by atoms with van der Waals surface area (Å²) in [4.78, 5) is 16.7. The normalized spacial score (nSPS) is 10.4. The minimum atomic E-state index is -0.800. The summed E-state index contributed by atoms with van der Waals surface area (Å²) in [5.74, 6) is -0.177. The molecule has 0 radical (unpaired) electrons. The number of nitrogens with one attached hydrogen (secondary N) is 1. The Kier molecular flexibility index (Phi) is 5.09. The number of carboxylic acid groups (broad SMARTS) is 1. The van der Waals surface area contributed by atoms with Gasteiger partial charge in [0, 0.05) is 34.6 Å². The van der Waals surface area contributed by atoms with Crippen LogP contribution in [0.5, 0.6) is 5.88 Å². The first-order valence-electron chi connectivity index (χ1n) is 6.17. The Morgan fingerprint density at radius 2 is 2.15 bits per heavy atom. The van der Waals surface area contributed by atoms with Crippen LogP contribution < -0.4 is 10.1 Å². The lowest BCUT2D eigenvalue weighted by atomic mass is 10.2. The van der Waals surface area contributed by atoms with Gasteiger partial charge in [-0.2, -0.15) is 0 Å². The average molecular weight is 292 g/mol. The van der Waals surface area contributed by atoms with E-state index >= 15 is 0 Å². The van der Waals surface area contributed by atoms with E-state index in [1.807, 2.05) is 24.3 Å². The molecule has 0 saturated carbocycles. The molecule has 2 heterocycles. The Labute approximate surface area is 121 Å². The Hall–Kier alpha value is -1.92. The van der Waals surface area contributed by atoms with Gasteiger partial charge < -0.3 is 15.2 Å². The third-order valence-electron chi connectivity index (χ3n) is 2.70. The van der Waals surface area contributed by atoms with Crippen molar-refractivity contribution in [3.8, 4) is 5.88 Å². The summed E-state index contributed by atoms with van der Waals surface area (Å²) in [6.07, 6.45) is 1.78. The summed E-state index contributed by atoms with van der Waals surface area (Å²) in [5, 5.41) is 12.0. The zero-order valence-corrected chi connectivity index (χ0v) is 11.9. The van der Waals surface area contributed by atoms with Gasteiger partial charge in [0.1, 0.15) is 0 Å². The van der Waals surface area contributed by atoms with Gasteiger partial charge in [0.05, 0.1) is 13.5 Å². The number of aromatic nitrogens is 1. The molecule has 106 valence electrons. The highest BCUT2D eigenvalue weighted by atomic mass is 32.1. The largest absolute Gasteiger partial charge is 0.481 e. The first kappa shape index (κ1) is 14.5. The Balaban J connectivity index is 1.86. The highest BCUT2D eigenvalue weighted by molar-refractivity contribution is 7.12. The number of hydrogen-bond donors (Lipinski definition) is 2. The van der Waals surface area contributed by atoms with Crippen LogP contribution >= 0.6 is 11.3 Å². The molecule has 2 rings (SSSR count). The summed E-state index contributed by atoms with van der Waals surface area (Å²) in [6, 6.07) is 7.65. The Bertz CT molecular complexity index is 583. The van der Waals surface area contributed by atoms with Crippen molar-refractivity contribution >= 4 is 17.3 Å². The molecule has 2 aromatic rings. The van der Waals surface area contributed by atoms with Crippen LogP contribution in [-0.2, 0) is 24.3 Å². The van der Waals surface area contributed by atoms with E-state index in [4.69, 9.17) is 9.84 Å². The number of carbonyl (C=O) groups is 1. The van der Waals surface area contributed by atoms with Crippen LogP contribution in [0.2, 0.25) is 0 Å². The van der Waals surface area contributed by atoms with E-state index < -0.39 is 5.97 Å². The standard InChI is InChI=1S/C14H16N2O3S/c1-19-14-10(3-2-6-16-14)8-15-9-12-5-4-11(20-12)7-13(17)18/h2-6,15H,7-9H2,1H3,(H,17,18). The highest BCUT2D eigenvalue weighted by Gasteiger charge is 2.06. The summed E-state index contributed by atoms with van der Waals surface area (Å²) in [5.41, 5.74) is 0.998. The molecule has 0 spiro atoms. The van der Waals surface area contributed by atoms with Crippen molar-refractivity contribution in [2.45, 2.75) is 19.5 Å². The maximum atomic E-state index is 10.6. The SMILES string of the molecule is COc1ncccc1CNCc1ccc(CC(=O)O)s1. The van der Waals surface area contributed by atoms with Crippen LogP contribution in [0.3, 0.4) is 0 Å². The Morgan fingerprint density at radius 3 is 2.90 bits per heavy atom. The number of carboxylic acids is 1. The third kappa shape index (κ3) is 4.04. The lowest BCUT2D eigenvalue weighted by Gasteiger charge is -2.07. The number of rotatable bonds is 7. The molecule has 0 fully saturated rings. The first-order valence-corrected chi connectivity index (χ1v) is 6.98. The monoisotopic (exact) mass is 292 g/mol. The minimum Gasteiger partial charge on any atom is -0.481 e. The second kappa shape index (κ2) is 7.02. The fourth-order valence-corrected chi connectivity index (χ4v) is 2.80. The van der Waals surface area contributed by atoms with E-state index in [1.54, 1.807) is 13.3 Å². The lowest BCUT2D eigenvalue weighted by molar-refractivity contribution is -0.136. The van der Waals surface area contributed by atoms with Gasteiger partial charge in [-0.1, -0.05) is 6.07 Å². The van der Waals surface area contributed by atoms with Crippen molar-refractivity contribution in [3.05, 3.63) is 45.8 Å². The molecule has 2 N–H and O–H groups in total. The molecule has 0 unspecified atom stereocenters. The minimum absolute atomic E-state index is 0.0844. The number of nitrogens with zero attached hydrogens (tertiary/aromatic N) is 1. The summed E-state index contributed by atoms with van der Waals surface area (Å²) < 4.78 is 5.18. The van der Waals surface area contributed by atoms with Crippen LogP contribution in [0.15, 0.2) is 30.5 Å². The van der Waals surface area contributed by atoms with Gasteiger partial charge in [0.2, 0.25) is 5.88 Å². The Morgan fingerprint density at radius 1 is 1.35 bits per heavy atom. The van der Waals surface area contributed by atoms with Gasteiger partial charge in [-0.25, -0.2) is 4.98 Å². The van der Waals surface area contributed by atoms with Crippen molar-refractivity contribution in [3.63, 3.8) is 0 Å². The molecule has 20 heavy (non-hydrogen) atoms. The zero-order chi connectivity index (χ0) is 14.4. The highest BCUT2D eigenvalue weighted by Crippen LogP contribution is 2.18. The fraction of sp³-hybridized carbons (Fsp3) is 0.286. The molecule has 5 nitrogen and oxygen atoms in total. The van der Waals surface area contributed by atoms with Gasteiger partial charge >= 0.3 is 5.97 Å². The molecule has 0 saturated heterocycles. The van der Waals surface area contributed by atoms with Crippen LogP contribution in [0.4, 0.5) is 0 Å². The number of methoxy groups -OCH3 is 1. The summed E-state index contributed by atoms with van der Waals surface area (Å²) >= 11 is 1.52. The quantitative estimate of drug-likeness (QED) is 0.817. The van der Waals surface area contributed by atoms with Crippen molar-refractivity contribution in [1.82, 2.24) is 10.3 Å². The van der Waals surface area contributed by atoms with Crippen LogP contribution in [0.1, 0.15) is 15.3 Å². The molecule has 0 bridgehead atoms. The first-order chi connectivity index (χ1) is 9.69. The van der Waals surface area contributed by atoms with E-state index in [-0.39, 0.29) is 6.42 Å². The smallest absolute Gasteiger partial charge is 0.308 e. The predicted molar refractivity (Wildman–Crippen MR) is 77.0 cm³/mol. The summed E-state index contributed by atoms with van der Waals surface area (Å²) in [6.45, 7) is 1.35. The van der Waals surface area contributed by atoms with Gasteiger partial charge in [-0.3, -0.25) is 4.79 Å². The molecule has 6 heteroatoms. The summed E-state index contributed by atoms with van der Waals surface area (Å²) in [7, 11) is 1.60. The zero-order valence-electron chi connectivity index (χ0n) is 11.1. The molecule has 0 amide bonds. The van der Waals surface area contributed by atoms with Crippen molar-refractivity contribution in [2.24, 2.45) is 0 Å². The van der Waals surface area contributed by atoms with Crippen LogP contribution in [-0.4, -0.2) is 23.2 Å². The molecule has 0 aromatic carbocycles. The predicted octanol–water partition coefficient (Wildman–Crippen LogP) is 2.07. The second-order valence-corrected chi connectivity index (χ2v) is 5.47. The van der Waals surface area contributed by atoms with Crippen molar-refractivity contribution in [1.29, 1.82) is 0 Å². The molecule has 2 aromatic heterocycles. The van der Waals surface area contributed by atoms with E-state index in [0.29, 0.717) is 19.0 Å². The number of pyridine rings is 1. The molecule has 0 aliphatic rings. The molecular weight excluding hydrogens is 276 g/mol. The molecule has 0 aliphatic heterocycles. The van der Waals surface area contributed by atoms with E-state index in [1.165, 1.54) is 11.3 Å². The van der Waals surface area contributed by atoms with E-state index in [9.17, 15) is 4.79 Å². The maximum Gasteiger partial charge on any atom is 0.308 e.